The Morgan fingerprint density at radius 1 is 0.961 bits per heavy atom. The van der Waals surface area contributed by atoms with Crippen molar-refractivity contribution in [1.29, 1.82) is 0 Å². The number of aliphatic hydroxyl groups is 1. The number of nitrogens with zero attached hydrogens (tertiary/aromatic N) is 4. The van der Waals surface area contributed by atoms with E-state index in [4.69, 9.17) is 10.5 Å². The zero-order valence-electron chi connectivity index (χ0n) is 27.4. The lowest BCUT2D eigenvalue weighted by molar-refractivity contribution is -0.142. The van der Waals surface area contributed by atoms with Crippen LogP contribution in [0.2, 0.25) is 0 Å². The number of hydrogen-bond acceptors (Lipinski definition) is 7. The molecular weight excluding hydrogens is 672 g/mol. The maximum Gasteiger partial charge on any atom is 0.418 e. The summed E-state index contributed by atoms with van der Waals surface area (Å²) in [5, 5.41) is 13.8. The molecule has 3 heterocycles. The average molecular weight is 709 g/mol. The molecule has 2 aliphatic heterocycles. The van der Waals surface area contributed by atoms with Gasteiger partial charge in [-0.15, -0.1) is 0 Å². The molecule has 3 amide bonds. The van der Waals surface area contributed by atoms with Crippen molar-refractivity contribution >= 4 is 23.3 Å². The number of hydrogen-bond donors (Lipinski definition) is 3. The second-order valence-corrected chi connectivity index (χ2v) is 12.8. The molecule has 11 nitrogen and oxygen atoms in total. The lowest BCUT2D eigenvalue weighted by Crippen LogP contribution is -2.53. The van der Waals surface area contributed by atoms with E-state index in [1.165, 1.54) is 58.3 Å². The number of nitrogens with two attached hydrogens (primary N) is 1. The highest BCUT2D eigenvalue weighted by molar-refractivity contribution is 5.91. The first-order valence-electron chi connectivity index (χ1n) is 16.4. The van der Waals surface area contributed by atoms with E-state index in [2.05, 4.69) is 10.3 Å². The number of nitrogen functional groups attached to an aromatic ring is 1. The van der Waals surface area contributed by atoms with Gasteiger partial charge < -0.3 is 30.7 Å². The van der Waals surface area contributed by atoms with Crippen molar-refractivity contribution in [2.24, 2.45) is 5.92 Å². The third-order valence-electron chi connectivity index (χ3n) is 9.45. The first-order chi connectivity index (χ1) is 24.3. The number of alkyl halides is 3. The van der Waals surface area contributed by atoms with Crippen LogP contribution in [0.15, 0.2) is 90.0 Å². The van der Waals surface area contributed by atoms with E-state index >= 15 is 0 Å². The number of aromatic nitrogens is 2. The highest BCUT2D eigenvalue weighted by Gasteiger charge is 2.42. The van der Waals surface area contributed by atoms with E-state index in [0.717, 1.165) is 11.6 Å². The first-order valence-corrected chi connectivity index (χ1v) is 16.4. The lowest BCUT2D eigenvalue weighted by Gasteiger charge is -2.43. The topological polar surface area (TPSA) is 143 Å². The van der Waals surface area contributed by atoms with Crippen molar-refractivity contribution in [2.45, 2.75) is 43.5 Å². The lowest BCUT2D eigenvalue weighted by atomic mass is 9.79. The molecule has 1 aromatic heterocycles. The highest BCUT2D eigenvalue weighted by atomic mass is 19.4. The van der Waals surface area contributed by atoms with E-state index in [1.54, 1.807) is 4.90 Å². The molecular formula is C36H36F4N6O5. The molecule has 51 heavy (non-hydrogen) atoms. The van der Waals surface area contributed by atoms with Crippen molar-refractivity contribution < 1.29 is 37.0 Å². The van der Waals surface area contributed by atoms with Crippen LogP contribution in [0.25, 0.3) is 0 Å². The largest absolute Gasteiger partial charge is 0.437 e. The predicted molar refractivity (Wildman–Crippen MR) is 179 cm³/mol. The fourth-order valence-electron chi connectivity index (χ4n) is 6.66. The second-order valence-electron chi connectivity index (χ2n) is 12.8. The fourth-order valence-corrected chi connectivity index (χ4v) is 6.66. The Morgan fingerprint density at radius 2 is 1.63 bits per heavy atom. The number of rotatable bonds is 7. The van der Waals surface area contributed by atoms with Crippen LogP contribution in [-0.2, 0) is 17.5 Å². The van der Waals surface area contributed by atoms with Gasteiger partial charge in [0.2, 0.25) is 11.8 Å². The van der Waals surface area contributed by atoms with Crippen LogP contribution in [0.1, 0.15) is 36.3 Å². The predicted octanol–water partition coefficient (Wildman–Crippen LogP) is 5.47. The van der Waals surface area contributed by atoms with E-state index in [-0.39, 0.29) is 80.9 Å². The minimum atomic E-state index is -4.65. The minimum absolute atomic E-state index is 0.108. The van der Waals surface area contributed by atoms with E-state index < -0.39 is 46.6 Å². The van der Waals surface area contributed by atoms with Crippen LogP contribution in [0, 0.1) is 11.7 Å². The second kappa shape index (κ2) is 14.4. The number of carbonyl (C=O) groups is 2. The number of piperidine rings is 2. The number of para-hydroxylation sites is 1. The number of anilines is 2. The minimum Gasteiger partial charge on any atom is -0.437 e. The van der Waals surface area contributed by atoms with Crippen LogP contribution in [0.3, 0.4) is 0 Å². The Hall–Kier alpha value is -5.44. The quantitative estimate of drug-likeness (QED) is 0.216. The summed E-state index contributed by atoms with van der Waals surface area (Å²) < 4.78 is 60.6. The Kier molecular flexibility index (Phi) is 10.0. The molecule has 2 atom stereocenters. The maximum atomic E-state index is 14.0. The first kappa shape index (κ1) is 35.4. The molecule has 2 fully saturated rings. The zero-order chi connectivity index (χ0) is 36.3. The fraction of sp³-hybridized carbons (Fsp3) is 0.333. The molecule has 0 unspecified atom stereocenters. The molecule has 0 spiro atoms. The molecule has 0 radical (unpaired) electrons. The molecule has 6 rings (SSSR count). The summed E-state index contributed by atoms with van der Waals surface area (Å²) in [7, 11) is 0. The standard InChI is InChI=1S/C36H36F4N6O5/c37-24-10-12-25(13-11-24)51-31-30(41)33(48)46(22-42-31)21-35(50)15-18-44(19-16-35)32(47)26-14-17-45(20-27(26)23-6-2-1-3-7-23)34(49)43-29-9-5-4-8-28(29)36(38,39)40/h1-13,22,26-27,50H,14-21,41H2,(H,43,49)/t26-,27+/m1/s1. The van der Waals surface area contributed by atoms with Gasteiger partial charge in [-0.3, -0.25) is 14.2 Å². The van der Waals surface area contributed by atoms with Crippen LogP contribution in [0.4, 0.5) is 33.7 Å². The van der Waals surface area contributed by atoms with Gasteiger partial charge in [-0.2, -0.15) is 13.2 Å². The number of carbonyl (C=O) groups excluding carboxylic acids is 2. The number of ether oxygens (including phenoxy) is 1. The van der Waals surface area contributed by atoms with Crippen molar-refractivity contribution in [2.75, 3.05) is 37.2 Å². The number of halogens is 4. The number of nitrogens with one attached hydrogen (secondary N) is 1. The summed E-state index contributed by atoms with van der Waals surface area (Å²) >= 11 is 0. The summed E-state index contributed by atoms with van der Waals surface area (Å²) in [4.78, 5) is 47.5. The maximum absolute atomic E-state index is 14.0. The van der Waals surface area contributed by atoms with Gasteiger partial charge in [0.25, 0.3) is 5.56 Å². The van der Waals surface area contributed by atoms with E-state index in [1.807, 2.05) is 30.3 Å². The van der Waals surface area contributed by atoms with Crippen molar-refractivity contribution in [3.63, 3.8) is 0 Å². The van der Waals surface area contributed by atoms with Gasteiger partial charge in [-0.05, 0) is 61.2 Å². The van der Waals surface area contributed by atoms with Gasteiger partial charge in [0.05, 0.1) is 23.4 Å². The molecule has 4 aromatic rings. The van der Waals surface area contributed by atoms with Gasteiger partial charge in [0.1, 0.15) is 17.9 Å². The molecule has 0 saturated carbocycles. The Morgan fingerprint density at radius 3 is 2.31 bits per heavy atom. The molecule has 2 aliphatic rings. The monoisotopic (exact) mass is 708 g/mol. The third-order valence-corrected chi connectivity index (χ3v) is 9.45. The van der Waals surface area contributed by atoms with Gasteiger partial charge in [-0.1, -0.05) is 42.5 Å². The summed E-state index contributed by atoms with van der Waals surface area (Å²) in [5.74, 6) is -1.49. The summed E-state index contributed by atoms with van der Waals surface area (Å²) in [6, 6.07) is 18.4. The molecule has 0 aliphatic carbocycles. The zero-order valence-corrected chi connectivity index (χ0v) is 27.4. The van der Waals surface area contributed by atoms with Crippen molar-refractivity contribution in [1.82, 2.24) is 19.4 Å². The third kappa shape index (κ3) is 7.98. The van der Waals surface area contributed by atoms with Gasteiger partial charge in [0, 0.05) is 38.0 Å². The molecule has 268 valence electrons. The van der Waals surface area contributed by atoms with Crippen molar-refractivity contribution in [3.8, 4) is 11.6 Å². The van der Waals surface area contributed by atoms with E-state index in [9.17, 15) is 37.1 Å². The summed E-state index contributed by atoms with van der Waals surface area (Å²) in [5.41, 5.74) is 3.26. The van der Waals surface area contributed by atoms with Crippen molar-refractivity contribution in [3.05, 3.63) is 112 Å². The smallest absolute Gasteiger partial charge is 0.418 e. The van der Waals surface area contributed by atoms with Crippen LogP contribution in [-0.4, -0.2) is 68.2 Å². The van der Waals surface area contributed by atoms with Crippen LogP contribution >= 0.6 is 0 Å². The SMILES string of the molecule is Nc1c(Oc2ccc(F)cc2)ncn(CC2(O)CCN(C(=O)[C@@H]3CCN(C(=O)Nc4ccccc4C(F)(F)F)C[C@H]3c3ccccc3)CC2)c1=O. The summed E-state index contributed by atoms with van der Waals surface area (Å²) in [6.07, 6.45) is -2.84. The number of benzene rings is 3. The van der Waals surface area contributed by atoms with Gasteiger partial charge in [0.15, 0.2) is 5.69 Å². The molecule has 0 bridgehead atoms. The van der Waals surface area contributed by atoms with E-state index in [0.29, 0.717) is 0 Å². The number of amides is 3. The molecule has 15 heteroatoms. The number of urea groups is 1. The highest BCUT2D eigenvalue weighted by Crippen LogP contribution is 2.37. The average Bonchev–Trinajstić information content (AvgIpc) is 3.12. The van der Waals surface area contributed by atoms with Gasteiger partial charge in [-0.25, -0.2) is 14.2 Å². The Bertz CT molecular complexity index is 1930. The molecule has 2 saturated heterocycles. The Labute approximate surface area is 290 Å². The summed E-state index contributed by atoms with van der Waals surface area (Å²) in [6.45, 7) is 0.538. The molecule has 3 aromatic carbocycles. The normalized spacial score (nSPS) is 19.0. The van der Waals surface area contributed by atoms with Crippen LogP contribution in [0.5, 0.6) is 11.6 Å². The number of likely N-dealkylation sites (tertiary alicyclic amines) is 2. The molecule has 4 N–H and O–H groups in total. The Balaban J connectivity index is 1.11. The van der Waals surface area contributed by atoms with Crippen LogP contribution < -0.4 is 21.3 Å². The van der Waals surface area contributed by atoms with Gasteiger partial charge >= 0.3 is 12.2 Å².